The van der Waals surface area contributed by atoms with Crippen LogP contribution in [0.25, 0.3) is 0 Å². The van der Waals surface area contributed by atoms with E-state index >= 15 is 0 Å². The summed E-state index contributed by atoms with van der Waals surface area (Å²) in [6.45, 7) is 9.96. The lowest BCUT2D eigenvalue weighted by molar-refractivity contribution is 0.226. The molecule has 1 unspecified atom stereocenters. The minimum atomic E-state index is 0.192. The fraction of sp³-hybridized carbons (Fsp3) is 0.647. The Morgan fingerprint density at radius 1 is 1.38 bits per heavy atom. The van der Waals surface area contributed by atoms with Crippen LogP contribution in [-0.2, 0) is 6.54 Å². The summed E-state index contributed by atoms with van der Waals surface area (Å²) in [5.74, 6) is 0.895. The van der Waals surface area contributed by atoms with Gasteiger partial charge in [0.25, 0.3) is 0 Å². The summed E-state index contributed by atoms with van der Waals surface area (Å²) in [6.07, 6.45) is 2.59. The van der Waals surface area contributed by atoms with Crippen LogP contribution in [0.3, 0.4) is 0 Å². The summed E-state index contributed by atoms with van der Waals surface area (Å²) in [6, 6.07) is 7.02. The highest BCUT2D eigenvalue weighted by molar-refractivity contribution is 9.10. The predicted molar refractivity (Wildman–Crippen MR) is 91.9 cm³/mol. The number of hydrogen-bond acceptors (Lipinski definition) is 3. The summed E-state index contributed by atoms with van der Waals surface area (Å²) < 4.78 is 6.33. The van der Waals surface area contributed by atoms with Crippen LogP contribution in [0.1, 0.15) is 39.2 Å². The van der Waals surface area contributed by atoms with E-state index in [-0.39, 0.29) is 5.54 Å². The van der Waals surface area contributed by atoms with E-state index < -0.39 is 0 Å². The molecule has 1 N–H and O–H groups in total. The molecule has 1 atom stereocenters. The van der Waals surface area contributed by atoms with Gasteiger partial charge in [-0.05, 0) is 73.8 Å². The van der Waals surface area contributed by atoms with E-state index in [1.807, 2.05) is 6.07 Å². The SMILES string of the molecule is COc1ccc(CN2CCCC2CNC(C)(C)C)cc1Br. The van der Waals surface area contributed by atoms with Crippen LogP contribution in [0, 0.1) is 0 Å². The van der Waals surface area contributed by atoms with Gasteiger partial charge in [-0.25, -0.2) is 0 Å². The lowest BCUT2D eigenvalue weighted by Gasteiger charge is -2.29. The molecule has 0 amide bonds. The first kappa shape index (κ1) is 16.8. The van der Waals surface area contributed by atoms with Crippen molar-refractivity contribution < 1.29 is 4.74 Å². The quantitative estimate of drug-likeness (QED) is 0.869. The molecule has 1 aromatic carbocycles. The van der Waals surface area contributed by atoms with Crippen molar-refractivity contribution in [3.05, 3.63) is 28.2 Å². The third-order valence-electron chi connectivity index (χ3n) is 3.97. The number of rotatable bonds is 5. The molecule has 4 heteroatoms. The van der Waals surface area contributed by atoms with Crippen LogP contribution in [0.15, 0.2) is 22.7 Å². The number of benzene rings is 1. The summed E-state index contributed by atoms with van der Waals surface area (Å²) in [5.41, 5.74) is 1.53. The van der Waals surface area contributed by atoms with E-state index in [1.54, 1.807) is 7.11 Å². The van der Waals surface area contributed by atoms with Crippen molar-refractivity contribution in [2.45, 2.75) is 51.7 Å². The van der Waals surface area contributed by atoms with Crippen LogP contribution in [0.4, 0.5) is 0 Å². The largest absolute Gasteiger partial charge is 0.496 e. The average Bonchev–Trinajstić information content (AvgIpc) is 2.83. The molecule has 0 bridgehead atoms. The summed E-state index contributed by atoms with van der Waals surface area (Å²) >= 11 is 3.57. The molecule has 0 saturated carbocycles. The smallest absolute Gasteiger partial charge is 0.133 e. The normalized spacial score (nSPS) is 20.0. The van der Waals surface area contributed by atoms with Gasteiger partial charge in [0.15, 0.2) is 0 Å². The minimum Gasteiger partial charge on any atom is -0.496 e. The van der Waals surface area contributed by atoms with Crippen LogP contribution < -0.4 is 10.1 Å². The Labute approximate surface area is 137 Å². The average molecular weight is 355 g/mol. The molecular weight excluding hydrogens is 328 g/mol. The number of halogens is 1. The molecule has 0 aromatic heterocycles. The first-order valence-electron chi connectivity index (χ1n) is 7.70. The van der Waals surface area contributed by atoms with E-state index in [0.717, 1.165) is 23.3 Å². The first-order chi connectivity index (χ1) is 9.89. The highest BCUT2D eigenvalue weighted by atomic mass is 79.9. The molecule has 1 saturated heterocycles. The van der Waals surface area contributed by atoms with Crippen molar-refractivity contribution in [1.82, 2.24) is 10.2 Å². The van der Waals surface area contributed by atoms with Crippen LogP contribution in [0.5, 0.6) is 5.75 Å². The third kappa shape index (κ3) is 4.97. The van der Waals surface area contributed by atoms with Gasteiger partial charge in [0.05, 0.1) is 11.6 Å². The van der Waals surface area contributed by atoms with Crippen LogP contribution >= 0.6 is 15.9 Å². The molecule has 0 aliphatic carbocycles. The Balaban J connectivity index is 1.96. The fourth-order valence-corrected chi connectivity index (χ4v) is 3.39. The Morgan fingerprint density at radius 2 is 2.14 bits per heavy atom. The zero-order valence-corrected chi connectivity index (χ0v) is 15.2. The molecular formula is C17H27BrN2O. The number of methoxy groups -OCH3 is 1. The monoisotopic (exact) mass is 354 g/mol. The van der Waals surface area contributed by atoms with Crippen molar-refractivity contribution >= 4 is 15.9 Å². The van der Waals surface area contributed by atoms with Crippen molar-refractivity contribution in [3.8, 4) is 5.75 Å². The van der Waals surface area contributed by atoms with E-state index in [1.165, 1.54) is 24.9 Å². The van der Waals surface area contributed by atoms with Gasteiger partial charge in [-0.3, -0.25) is 4.90 Å². The molecule has 1 aliphatic rings. The molecule has 0 spiro atoms. The maximum absolute atomic E-state index is 5.30. The standard InChI is InChI=1S/C17H27BrN2O/c1-17(2,3)19-11-14-6-5-9-20(14)12-13-7-8-16(21-4)15(18)10-13/h7-8,10,14,19H,5-6,9,11-12H2,1-4H3. The van der Waals surface area contributed by atoms with Gasteiger partial charge < -0.3 is 10.1 Å². The molecule has 1 aromatic rings. The fourth-order valence-electron chi connectivity index (χ4n) is 2.80. The zero-order valence-electron chi connectivity index (χ0n) is 13.6. The predicted octanol–water partition coefficient (Wildman–Crippen LogP) is 3.81. The minimum absolute atomic E-state index is 0.192. The summed E-state index contributed by atoms with van der Waals surface area (Å²) in [7, 11) is 1.70. The highest BCUT2D eigenvalue weighted by Crippen LogP contribution is 2.27. The molecule has 1 aliphatic heterocycles. The van der Waals surface area contributed by atoms with E-state index in [9.17, 15) is 0 Å². The molecule has 118 valence electrons. The maximum Gasteiger partial charge on any atom is 0.133 e. The van der Waals surface area contributed by atoms with Gasteiger partial charge in [-0.1, -0.05) is 6.07 Å². The van der Waals surface area contributed by atoms with Crippen LogP contribution in [-0.4, -0.2) is 36.7 Å². The van der Waals surface area contributed by atoms with E-state index in [2.05, 4.69) is 59.1 Å². The maximum atomic E-state index is 5.30. The second kappa shape index (κ2) is 7.12. The Hall–Kier alpha value is -0.580. The lowest BCUT2D eigenvalue weighted by Crippen LogP contribution is -2.44. The molecule has 1 fully saturated rings. The number of nitrogens with zero attached hydrogens (tertiary/aromatic N) is 1. The van der Waals surface area contributed by atoms with Crippen molar-refractivity contribution in [1.29, 1.82) is 0 Å². The third-order valence-corrected chi connectivity index (χ3v) is 4.59. The van der Waals surface area contributed by atoms with E-state index in [4.69, 9.17) is 4.74 Å². The number of nitrogens with one attached hydrogen (secondary N) is 1. The van der Waals surface area contributed by atoms with Crippen molar-refractivity contribution in [3.63, 3.8) is 0 Å². The second-order valence-corrected chi connectivity index (χ2v) is 7.72. The Bertz CT molecular complexity index is 470. The summed E-state index contributed by atoms with van der Waals surface area (Å²) in [4.78, 5) is 2.59. The van der Waals surface area contributed by atoms with Crippen molar-refractivity contribution in [2.24, 2.45) is 0 Å². The van der Waals surface area contributed by atoms with Gasteiger partial charge in [0.1, 0.15) is 5.75 Å². The highest BCUT2D eigenvalue weighted by Gasteiger charge is 2.25. The van der Waals surface area contributed by atoms with Gasteiger partial charge in [0.2, 0.25) is 0 Å². The molecule has 1 heterocycles. The lowest BCUT2D eigenvalue weighted by atomic mass is 10.1. The molecule has 21 heavy (non-hydrogen) atoms. The number of hydrogen-bond donors (Lipinski definition) is 1. The van der Waals surface area contributed by atoms with Gasteiger partial charge >= 0.3 is 0 Å². The number of ether oxygens (including phenoxy) is 1. The Kier molecular flexibility index (Phi) is 5.69. The Morgan fingerprint density at radius 3 is 2.76 bits per heavy atom. The second-order valence-electron chi connectivity index (χ2n) is 6.87. The summed E-state index contributed by atoms with van der Waals surface area (Å²) in [5, 5.41) is 3.64. The van der Waals surface area contributed by atoms with E-state index in [0.29, 0.717) is 6.04 Å². The van der Waals surface area contributed by atoms with Gasteiger partial charge in [-0.2, -0.15) is 0 Å². The topological polar surface area (TPSA) is 24.5 Å². The zero-order chi connectivity index (χ0) is 15.5. The van der Waals surface area contributed by atoms with Gasteiger partial charge in [0, 0.05) is 24.7 Å². The van der Waals surface area contributed by atoms with Crippen molar-refractivity contribution in [2.75, 3.05) is 20.2 Å². The van der Waals surface area contributed by atoms with Gasteiger partial charge in [-0.15, -0.1) is 0 Å². The number of likely N-dealkylation sites (tertiary alicyclic amines) is 1. The van der Waals surface area contributed by atoms with Crippen LogP contribution in [0.2, 0.25) is 0 Å². The molecule has 3 nitrogen and oxygen atoms in total. The first-order valence-corrected chi connectivity index (χ1v) is 8.50. The molecule has 0 radical (unpaired) electrons. The molecule has 2 rings (SSSR count).